The fraction of sp³-hybridized carbons (Fsp3) is 0.222. The SMILES string of the molecule is C=C1CN1C(CC[Se]c1ccccc1)c1ccccc1. The first-order valence-electron chi connectivity index (χ1n) is 7.02. The molecular formula is C18H19NSe. The molecule has 1 nitrogen and oxygen atoms in total. The van der Waals surface area contributed by atoms with Crippen molar-refractivity contribution >= 4 is 19.4 Å². The Morgan fingerprint density at radius 2 is 1.60 bits per heavy atom. The Bertz CT molecular complexity index is 564. The Morgan fingerprint density at radius 3 is 2.20 bits per heavy atom. The summed E-state index contributed by atoms with van der Waals surface area (Å²) in [4.78, 5) is 2.43. The summed E-state index contributed by atoms with van der Waals surface area (Å²) in [6.45, 7) is 5.16. The Labute approximate surface area is 127 Å². The standard InChI is InChI=1S/C18H19NSe/c1-15-14-19(15)18(16-8-4-2-5-9-16)12-13-20-17-10-6-3-7-11-17/h2-11,18H,1,12-14H2. The molecule has 0 aliphatic carbocycles. The third kappa shape index (κ3) is 3.33. The second-order valence-corrected chi connectivity index (χ2v) is 7.52. The van der Waals surface area contributed by atoms with Crippen LogP contribution < -0.4 is 4.46 Å². The van der Waals surface area contributed by atoms with Crippen molar-refractivity contribution in [2.75, 3.05) is 6.54 Å². The zero-order chi connectivity index (χ0) is 13.8. The zero-order valence-corrected chi connectivity index (χ0v) is 13.2. The number of benzene rings is 2. The van der Waals surface area contributed by atoms with Gasteiger partial charge in [-0.25, -0.2) is 0 Å². The molecule has 1 aliphatic heterocycles. The van der Waals surface area contributed by atoms with Crippen LogP contribution >= 0.6 is 0 Å². The van der Waals surface area contributed by atoms with Crippen LogP contribution in [0.4, 0.5) is 0 Å². The van der Waals surface area contributed by atoms with E-state index in [9.17, 15) is 0 Å². The zero-order valence-electron chi connectivity index (χ0n) is 11.5. The Hall–Kier alpha value is -1.50. The van der Waals surface area contributed by atoms with E-state index in [1.807, 2.05) is 0 Å². The van der Waals surface area contributed by atoms with Crippen molar-refractivity contribution in [1.29, 1.82) is 0 Å². The summed E-state index contributed by atoms with van der Waals surface area (Å²) in [7, 11) is 0. The van der Waals surface area contributed by atoms with Crippen molar-refractivity contribution in [3.05, 3.63) is 78.5 Å². The van der Waals surface area contributed by atoms with E-state index in [4.69, 9.17) is 0 Å². The van der Waals surface area contributed by atoms with Crippen LogP contribution in [0.15, 0.2) is 72.9 Å². The van der Waals surface area contributed by atoms with Crippen molar-refractivity contribution in [1.82, 2.24) is 4.90 Å². The van der Waals surface area contributed by atoms with E-state index >= 15 is 0 Å². The van der Waals surface area contributed by atoms with E-state index in [0.29, 0.717) is 21.0 Å². The van der Waals surface area contributed by atoms with Gasteiger partial charge in [0.2, 0.25) is 0 Å². The third-order valence-electron chi connectivity index (χ3n) is 3.62. The van der Waals surface area contributed by atoms with Gasteiger partial charge < -0.3 is 0 Å². The molecule has 1 heterocycles. The Balaban J connectivity index is 1.61. The number of hydrogen-bond donors (Lipinski definition) is 0. The van der Waals surface area contributed by atoms with Crippen LogP contribution in [0, 0.1) is 0 Å². The first-order chi connectivity index (χ1) is 9.84. The molecule has 0 N–H and O–H groups in total. The topological polar surface area (TPSA) is 3.01 Å². The van der Waals surface area contributed by atoms with Gasteiger partial charge >= 0.3 is 127 Å². The van der Waals surface area contributed by atoms with E-state index < -0.39 is 0 Å². The predicted octanol–water partition coefficient (Wildman–Crippen LogP) is 3.40. The minimum atomic E-state index is 0.522. The summed E-state index contributed by atoms with van der Waals surface area (Å²) in [5.74, 6) is 0. The molecule has 0 amide bonds. The van der Waals surface area contributed by atoms with Crippen LogP contribution in [0.1, 0.15) is 18.0 Å². The summed E-state index contributed by atoms with van der Waals surface area (Å²) < 4.78 is 1.50. The fourth-order valence-corrected chi connectivity index (χ4v) is 4.42. The van der Waals surface area contributed by atoms with Gasteiger partial charge in [0.15, 0.2) is 0 Å². The van der Waals surface area contributed by atoms with Gasteiger partial charge in [-0.05, 0) is 0 Å². The van der Waals surface area contributed by atoms with Crippen molar-refractivity contribution in [3.8, 4) is 0 Å². The monoisotopic (exact) mass is 329 g/mol. The Kier molecular flexibility index (Phi) is 4.25. The van der Waals surface area contributed by atoms with Crippen molar-refractivity contribution in [3.63, 3.8) is 0 Å². The molecule has 102 valence electrons. The molecule has 1 unspecified atom stereocenters. The average Bonchev–Trinajstić information content (AvgIpc) is 3.22. The van der Waals surface area contributed by atoms with Gasteiger partial charge in [0, 0.05) is 0 Å². The number of nitrogens with zero attached hydrogens (tertiary/aromatic N) is 1. The first-order valence-corrected chi connectivity index (χ1v) is 9.08. The molecule has 0 spiro atoms. The van der Waals surface area contributed by atoms with Crippen LogP contribution in [0.3, 0.4) is 0 Å². The van der Waals surface area contributed by atoms with Crippen molar-refractivity contribution < 1.29 is 0 Å². The fourth-order valence-electron chi connectivity index (χ4n) is 2.47. The average molecular weight is 328 g/mol. The molecule has 1 fully saturated rings. The van der Waals surface area contributed by atoms with Crippen LogP contribution in [0.25, 0.3) is 0 Å². The van der Waals surface area contributed by atoms with Gasteiger partial charge in [0.05, 0.1) is 0 Å². The molecule has 0 bridgehead atoms. The van der Waals surface area contributed by atoms with Gasteiger partial charge in [-0.1, -0.05) is 0 Å². The first kappa shape index (κ1) is 13.5. The van der Waals surface area contributed by atoms with Gasteiger partial charge in [-0.2, -0.15) is 0 Å². The van der Waals surface area contributed by atoms with Crippen LogP contribution in [0.5, 0.6) is 0 Å². The Morgan fingerprint density at radius 1 is 1.00 bits per heavy atom. The van der Waals surface area contributed by atoms with Crippen molar-refractivity contribution in [2.24, 2.45) is 0 Å². The molecule has 1 aliphatic rings. The van der Waals surface area contributed by atoms with Gasteiger partial charge in [-0.15, -0.1) is 0 Å². The number of rotatable bonds is 6. The summed E-state index contributed by atoms with van der Waals surface area (Å²) in [6.07, 6.45) is 1.22. The summed E-state index contributed by atoms with van der Waals surface area (Å²) in [5, 5.41) is 1.28. The molecule has 2 heteroatoms. The normalized spacial score (nSPS) is 15.2. The van der Waals surface area contributed by atoms with Gasteiger partial charge in [0.1, 0.15) is 0 Å². The number of hydrogen-bond acceptors (Lipinski definition) is 1. The quantitative estimate of drug-likeness (QED) is 0.580. The van der Waals surface area contributed by atoms with Crippen molar-refractivity contribution in [2.45, 2.75) is 17.8 Å². The molecular weight excluding hydrogens is 309 g/mol. The summed E-state index contributed by atoms with van der Waals surface area (Å²) in [6, 6.07) is 22.2. The molecule has 0 radical (unpaired) electrons. The van der Waals surface area contributed by atoms with Crippen LogP contribution in [-0.2, 0) is 0 Å². The van der Waals surface area contributed by atoms with Gasteiger partial charge in [-0.3, -0.25) is 0 Å². The van der Waals surface area contributed by atoms with E-state index in [1.165, 1.54) is 27.5 Å². The maximum absolute atomic E-state index is 4.09. The molecule has 3 rings (SSSR count). The molecule has 2 aromatic rings. The van der Waals surface area contributed by atoms with Crippen LogP contribution in [0.2, 0.25) is 5.32 Å². The molecule has 2 aromatic carbocycles. The predicted molar refractivity (Wildman–Crippen MR) is 86.3 cm³/mol. The van der Waals surface area contributed by atoms with E-state index in [2.05, 4.69) is 72.1 Å². The van der Waals surface area contributed by atoms with Crippen LogP contribution in [-0.4, -0.2) is 26.4 Å². The molecule has 1 atom stereocenters. The second-order valence-electron chi connectivity index (χ2n) is 5.07. The molecule has 0 aromatic heterocycles. The molecule has 0 saturated carbocycles. The minimum absolute atomic E-state index is 0.522. The second kappa shape index (κ2) is 6.30. The van der Waals surface area contributed by atoms with E-state index in [1.54, 1.807) is 0 Å². The maximum atomic E-state index is 4.09. The molecule has 1 saturated heterocycles. The van der Waals surface area contributed by atoms with E-state index in [-0.39, 0.29) is 0 Å². The van der Waals surface area contributed by atoms with Gasteiger partial charge in [0.25, 0.3) is 0 Å². The third-order valence-corrected chi connectivity index (χ3v) is 5.81. The summed E-state index contributed by atoms with van der Waals surface area (Å²) in [5.41, 5.74) is 2.71. The summed E-state index contributed by atoms with van der Waals surface area (Å²) >= 11 is 0.575. The van der Waals surface area contributed by atoms with E-state index in [0.717, 1.165) is 6.54 Å². The molecule has 20 heavy (non-hydrogen) atoms.